The van der Waals surface area contributed by atoms with Gasteiger partial charge in [-0.2, -0.15) is 0 Å². The van der Waals surface area contributed by atoms with Gasteiger partial charge in [-0.1, -0.05) is 12.1 Å². The molecule has 0 saturated carbocycles. The van der Waals surface area contributed by atoms with Crippen LogP contribution in [0.15, 0.2) is 23.8 Å². The summed E-state index contributed by atoms with van der Waals surface area (Å²) in [4.78, 5) is 15.0. The zero-order valence-electron chi connectivity index (χ0n) is 7.82. The smallest absolute Gasteiger partial charge is 0.161 e. The van der Waals surface area contributed by atoms with E-state index in [1.807, 2.05) is 0 Å². The molecular formula is C10H9BN2O. The number of hydrogen-bond acceptors (Lipinski definition) is 3. The Morgan fingerprint density at radius 3 is 2.79 bits per heavy atom. The Bertz CT molecular complexity index is 399. The highest BCUT2D eigenvalue weighted by Crippen LogP contribution is 2.01. The number of ketones is 1. The van der Waals surface area contributed by atoms with E-state index in [-0.39, 0.29) is 5.78 Å². The van der Waals surface area contributed by atoms with Crippen LogP contribution in [0.25, 0.3) is 6.08 Å². The average molecular weight is 184 g/mol. The summed E-state index contributed by atoms with van der Waals surface area (Å²) in [5, 5.41) is 7.02. The molecule has 0 bridgehead atoms. The van der Waals surface area contributed by atoms with Crippen LogP contribution in [0.1, 0.15) is 12.6 Å². The second kappa shape index (κ2) is 4.51. The summed E-state index contributed by atoms with van der Waals surface area (Å²) in [6.07, 6.45) is 2.54. The molecule has 0 unspecified atom stereocenters. The topological polar surface area (TPSA) is 53.8 Å². The van der Waals surface area contributed by atoms with Gasteiger partial charge in [0.15, 0.2) is 5.78 Å². The Labute approximate surface area is 83.8 Å². The van der Waals surface area contributed by atoms with Gasteiger partial charge >= 0.3 is 0 Å². The number of hydrogen-bond donors (Lipinski definition) is 1. The fraction of sp³-hybridized carbons (Fsp3) is 0.100. The largest absolute Gasteiger partial charge is 0.308 e. The van der Waals surface area contributed by atoms with Crippen LogP contribution >= 0.6 is 0 Å². The third-order valence-electron chi connectivity index (χ3n) is 1.66. The first-order valence-corrected chi connectivity index (χ1v) is 4.09. The predicted molar refractivity (Wildman–Crippen MR) is 57.1 cm³/mol. The highest BCUT2D eigenvalue weighted by atomic mass is 16.1. The van der Waals surface area contributed by atoms with Gasteiger partial charge < -0.3 is 5.41 Å². The van der Waals surface area contributed by atoms with Crippen LogP contribution in [0, 0.1) is 5.41 Å². The zero-order valence-corrected chi connectivity index (χ0v) is 7.82. The molecular weight excluding hydrogens is 175 g/mol. The Morgan fingerprint density at radius 2 is 2.29 bits per heavy atom. The van der Waals surface area contributed by atoms with Crippen molar-refractivity contribution in [1.82, 2.24) is 4.98 Å². The Balaban J connectivity index is 3.06. The van der Waals surface area contributed by atoms with Gasteiger partial charge in [0.25, 0.3) is 0 Å². The monoisotopic (exact) mass is 184 g/mol. The van der Waals surface area contributed by atoms with Crippen LogP contribution in [-0.2, 0) is 4.79 Å². The third kappa shape index (κ3) is 2.66. The molecule has 0 amide bonds. The van der Waals surface area contributed by atoms with Gasteiger partial charge in [0.05, 0.1) is 5.69 Å². The predicted octanol–water partition coefficient (Wildman–Crippen LogP) is 0.497. The van der Waals surface area contributed by atoms with Crippen molar-refractivity contribution >= 4 is 31.5 Å². The van der Waals surface area contributed by atoms with Gasteiger partial charge in [-0.3, -0.25) is 9.78 Å². The van der Waals surface area contributed by atoms with Crippen molar-refractivity contribution < 1.29 is 4.79 Å². The molecule has 3 nitrogen and oxygen atoms in total. The van der Waals surface area contributed by atoms with Crippen molar-refractivity contribution in [2.45, 2.75) is 6.92 Å². The second-order valence-corrected chi connectivity index (χ2v) is 2.79. The molecule has 68 valence electrons. The van der Waals surface area contributed by atoms with Crippen LogP contribution in [0.3, 0.4) is 0 Å². The summed E-state index contributed by atoms with van der Waals surface area (Å²) in [5.74, 6) is -0.163. The second-order valence-electron chi connectivity index (χ2n) is 2.79. The molecule has 1 rings (SSSR count). The maximum atomic E-state index is 11.0. The highest BCUT2D eigenvalue weighted by molar-refractivity contribution is 6.30. The first-order valence-electron chi connectivity index (χ1n) is 4.09. The van der Waals surface area contributed by atoms with E-state index >= 15 is 0 Å². The number of rotatable bonds is 3. The van der Waals surface area contributed by atoms with E-state index < -0.39 is 0 Å². The van der Waals surface area contributed by atoms with E-state index in [1.165, 1.54) is 13.0 Å². The maximum Gasteiger partial charge on any atom is 0.161 e. The summed E-state index contributed by atoms with van der Waals surface area (Å²) in [5.41, 5.74) is 1.29. The molecule has 4 heteroatoms. The molecule has 0 aliphatic heterocycles. The molecule has 1 aromatic heterocycles. The number of nitrogens with one attached hydrogen (secondary N) is 1. The van der Waals surface area contributed by atoms with Crippen molar-refractivity contribution in [1.29, 1.82) is 5.41 Å². The number of allylic oxidation sites excluding steroid dienone is 1. The quantitative estimate of drug-likeness (QED) is 0.422. The van der Waals surface area contributed by atoms with Crippen molar-refractivity contribution in [3.63, 3.8) is 0 Å². The first kappa shape index (κ1) is 10.4. The lowest BCUT2D eigenvalue weighted by atomic mass is 10.0. The summed E-state index contributed by atoms with van der Waals surface area (Å²) in [7, 11) is 5.47. The molecule has 0 saturated heterocycles. The fourth-order valence-corrected chi connectivity index (χ4v) is 0.954. The van der Waals surface area contributed by atoms with Gasteiger partial charge in [0, 0.05) is 11.8 Å². The molecule has 0 aromatic carbocycles. The molecule has 1 aromatic rings. The Morgan fingerprint density at radius 1 is 1.57 bits per heavy atom. The van der Waals surface area contributed by atoms with Gasteiger partial charge in [0.1, 0.15) is 7.85 Å². The van der Waals surface area contributed by atoms with Crippen LogP contribution in [-0.4, -0.2) is 24.8 Å². The maximum absolute atomic E-state index is 11.0. The number of carbonyl (C=O) groups is 1. The summed E-state index contributed by atoms with van der Waals surface area (Å²) >= 11 is 0. The molecule has 0 spiro atoms. The normalized spacial score (nSPS) is 11.1. The van der Waals surface area contributed by atoms with E-state index in [2.05, 4.69) is 4.98 Å². The Kier molecular flexibility index (Phi) is 3.34. The lowest BCUT2D eigenvalue weighted by molar-refractivity contribution is -0.113. The standard InChI is InChI=1S/C10H9BN2O/c1-7(14)8(6-12)5-9-3-2-4-10(11)13-9/h2-6,12H,1H3/b8-5+,12-6?. The molecule has 14 heavy (non-hydrogen) atoms. The van der Waals surface area contributed by atoms with Crippen molar-refractivity contribution in [2.24, 2.45) is 0 Å². The minimum Gasteiger partial charge on any atom is -0.308 e. The lowest BCUT2D eigenvalue weighted by Crippen LogP contribution is -2.08. The number of Topliss-reactive ketones (excluding diaryl/α,β-unsaturated/α-hetero) is 1. The molecule has 0 atom stereocenters. The summed E-state index contributed by atoms with van der Waals surface area (Å²) < 4.78 is 0. The molecule has 0 aliphatic carbocycles. The van der Waals surface area contributed by atoms with E-state index in [0.717, 1.165) is 6.21 Å². The van der Waals surface area contributed by atoms with E-state index in [4.69, 9.17) is 13.3 Å². The van der Waals surface area contributed by atoms with Crippen LogP contribution in [0.4, 0.5) is 0 Å². The van der Waals surface area contributed by atoms with Crippen LogP contribution in [0.5, 0.6) is 0 Å². The van der Waals surface area contributed by atoms with E-state index in [9.17, 15) is 4.79 Å². The zero-order chi connectivity index (χ0) is 10.6. The van der Waals surface area contributed by atoms with Gasteiger partial charge in [-0.05, 0) is 24.7 Å². The molecule has 2 radical (unpaired) electrons. The van der Waals surface area contributed by atoms with Crippen molar-refractivity contribution in [2.75, 3.05) is 0 Å². The summed E-state index contributed by atoms with van der Waals surface area (Å²) in [6, 6.07) is 5.13. The average Bonchev–Trinajstić information content (AvgIpc) is 2.14. The highest BCUT2D eigenvalue weighted by Gasteiger charge is 2.00. The lowest BCUT2D eigenvalue weighted by Gasteiger charge is -1.97. The number of carbonyl (C=O) groups excluding carboxylic acids is 1. The van der Waals surface area contributed by atoms with E-state index in [1.54, 1.807) is 18.2 Å². The van der Waals surface area contributed by atoms with E-state index in [0.29, 0.717) is 16.9 Å². The molecule has 1 N–H and O–H groups in total. The number of aromatic nitrogens is 1. The number of nitrogens with zero attached hydrogens (tertiary/aromatic N) is 1. The van der Waals surface area contributed by atoms with Crippen LogP contribution in [0.2, 0.25) is 0 Å². The SMILES string of the molecule is [B]c1cccc(/C=C(\C=N)C(C)=O)n1. The summed E-state index contributed by atoms with van der Waals surface area (Å²) in [6.45, 7) is 1.41. The molecule has 0 fully saturated rings. The van der Waals surface area contributed by atoms with Gasteiger partial charge in [0.2, 0.25) is 0 Å². The van der Waals surface area contributed by atoms with Gasteiger partial charge in [-0.25, -0.2) is 0 Å². The fourth-order valence-electron chi connectivity index (χ4n) is 0.954. The number of pyridine rings is 1. The van der Waals surface area contributed by atoms with Crippen molar-refractivity contribution in [3.05, 3.63) is 29.5 Å². The third-order valence-corrected chi connectivity index (χ3v) is 1.66. The minimum absolute atomic E-state index is 0.163. The minimum atomic E-state index is -0.163. The molecule has 0 aliphatic rings. The molecule has 1 heterocycles. The van der Waals surface area contributed by atoms with Gasteiger partial charge in [-0.15, -0.1) is 0 Å². The van der Waals surface area contributed by atoms with Crippen LogP contribution < -0.4 is 5.59 Å². The van der Waals surface area contributed by atoms with Crippen molar-refractivity contribution in [3.8, 4) is 0 Å². The Hall–Kier alpha value is -1.71. The first-order chi connectivity index (χ1) is 6.63.